The SMILES string of the molecule is C[C@@H]1C[C@@]1(C(=O)O)C(=O)N(C)C1CC(C(N)=O)C1. The Morgan fingerprint density at radius 1 is 1.33 bits per heavy atom. The van der Waals surface area contributed by atoms with Crippen LogP contribution in [0.15, 0.2) is 0 Å². The van der Waals surface area contributed by atoms with E-state index < -0.39 is 11.4 Å². The van der Waals surface area contributed by atoms with E-state index in [1.807, 2.05) is 0 Å². The first-order valence-corrected chi connectivity index (χ1v) is 6.10. The van der Waals surface area contributed by atoms with E-state index in [-0.39, 0.29) is 29.7 Å². The van der Waals surface area contributed by atoms with Gasteiger partial charge in [-0.2, -0.15) is 0 Å². The van der Waals surface area contributed by atoms with Crippen LogP contribution in [-0.2, 0) is 14.4 Å². The number of carbonyl (C=O) groups is 3. The van der Waals surface area contributed by atoms with E-state index in [4.69, 9.17) is 5.73 Å². The van der Waals surface area contributed by atoms with Crippen LogP contribution in [0.3, 0.4) is 0 Å². The number of carbonyl (C=O) groups excluding carboxylic acids is 2. The number of carboxylic acid groups (broad SMARTS) is 1. The van der Waals surface area contributed by atoms with Crippen molar-refractivity contribution in [3.05, 3.63) is 0 Å². The van der Waals surface area contributed by atoms with E-state index >= 15 is 0 Å². The third-order valence-electron chi connectivity index (χ3n) is 4.46. The molecule has 2 fully saturated rings. The highest BCUT2D eigenvalue weighted by atomic mass is 16.4. The van der Waals surface area contributed by atoms with Crippen LogP contribution in [0.5, 0.6) is 0 Å². The Hall–Kier alpha value is -1.59. The summed E-state index contributed by atoms with van der Waals surface area (Å²) in [5.41, 5.74) is 3.94. The molecule has 18 heavy (non-hydrogen) atoms. The molecule has 6 nitrogen and oxygen atoms in total. The molecule has 0 bridgehead atoms. The average molecular weight is 254 g/mol. The second kappa shape index (κ2) is 3.96. The van der Waals surface area contributed by atoms with Crippen molar-refractivity contribution < 1.29 is 19.5 Å². The smallest absolute Gasteiger partial charge is 0.319 e. The van der Waals surface area contributed by atoms with Gasteiger partial charge in [-0.1, -0.05) is 6.92 Å². The van der Waals surface area contributed by atoms with Gasteiger partial charge in [-0.15, -0.1) is 0 Å². The number of aliphatic carboxylic acids is 1. The molecule has 0 aromatic rings. The van der Waals surface area contributed by atoms with Gasteiger partial charge in [-0.25, -0.2) is 0 Å². The summed E-state index contributed by atoms with van der Waals surface area (Å²) in [7, 11) is 1.61. The molecule has 2 aliphatic rings. The molecule has 0 aromatic carbocycles. The Bertz CT molecular complexity index is 416. The highest BCUT2D eigenvalue weighted by Gasteiger charge is 2.65. The van der Waals surface area contributed by atoms with Crippen molar-refractivity contribution in [3.8, 4) is 0 Å². The molecule has 2 saturated carbocycles. The number of rotatable bonds is 4. The molecule has 2 atom stereocenters. The molecule has 0 spiro atoms. The van der Waals surface area contributed by atoms with Crippen molar-refractivity contribution in [2.75, 3.05) is 7.05 Å². The van der Waals surface area contributed by atoms with Gasteiger partial charge in [0.2, 0.25) is 11.8 Å². The lowest BCUT2D eigenvalue weighted by atomic mass is 9.78. The number of primary amides is 1. The first-order valence-electron chi connectivity index (χ1n) is 6.10. The summed E-state index contributed by atoms with van der Waals surface area (Å²) < 4.78 is 0. The Balaban J connectivity index is 1.99. The Morgan fingerprint density at radius 2 is 1.83 bits per heavy atom. The molecule has 3 N–H and O–H groups in total. The fourth-order valence-electron chi connectivity index (χ4n) is 2.73. The maximum atomic E-state index is 12.2. The van der Waals surface area contributed by atoms with Gasteiger partial charge in [0.25, 0.3) is 0 Å². The molecule has 0 heterocycles. The monoisotopic (exact) mass is 254 g/mol. The number of hydrogen-bond acceptors (Lipinski definition) is 3. The minimum Gasteiger partial charge on any atom is -0.480 e. The number of nitrogens with two attached hydrogens (primary N) is 1. The highest BCUT2D eigenvalue weighted by Crippen LogP contribution is 2.54. The summed E-state index contributed by atoms with van der Waals surface area (Å²) in [6, 6.07) is -0.0565. The fourth-order valence-corrected chi connectivity index (χ4v) is 2.73. The molecule has 2 amide bonds. The van der Waals surface area contributed by atoms with Crippen LogP contribution in [0.4, 0.5) is 0 Å². The zero-order valence-corrected chi connectivity index (χ0v) is 10.5. The molecule has 0 aliphatic heterocycles. The van der Waals surface area contributed by atoms with Crippen molar-refractivity contribution in [2.45, 2.75) is 32.2 Å². The summed E-state index contributed by atoms with van der Waals surface area (Å²) in [4.78, 5) is 35.8. The van der Waals surface area contributed by atoms with Crippen molar-refractivity contribution in [1.82, 2.24) is 4.90 Å². The van der Waals surface area contributed by atoms with Crippen molar-refractivity contribution in [2.24, 2.45) is 23.0 Å². The van der Waals surface area contributed by atoms with Gasteiger partial charge in [0.05, 0.1) is 0 Å². The molecular formula is C12H18N2O4. The van der Waals surface area contributed by atoms with E-state index in [2.05, 4.69) is 0 Å². The van der Waals surface area contributed by atoms with E-state index in [0.717, 1.165) is 0 Å². The molecule has 0 radical (unpaired) electrons. The molecule has 2 aliphatic carbocycles. The minimum absolute atomic E-state index is 0.0565. The van der Waals surface area contributed by atoms with Crippen LogP contribution >= 0.6 is 0 Å². The normalized spacial score (nSPS) is 37.6. The lowest BCUT2D eigenvalue weighted by Crippen LogP contribution is -2.52. The minimum atomic E-state index is -1.23. The highest BCUT2D eigenvalue weighted by molar-refractivity contribution is 6.05. The first-order chi connectivity index (χ1) is 8.30. The van der Waals surface area contributed by atoms with E-state index in [1.54, 1.807) is 14.0 Å². The topological polar surface area (TPSA) is 101 Å². The van der Waals surface area contributed by atoms with Crippen LogP contribution < -0.4 is 5.73 Å². The zero-order chi connectivity index (χ0) is 13.7. The zero-order valence-electron chi connectivity index (χ0n) is 10.5. The van der Waals surface area contributed by atoms with Gasteiger partial charge in [0.1, 0.15) is 5.41 Å². The van der Waals surface area contributed by atoms with Gasteiger partial charge >= 0.3 is 5.97 Å². The van der Waals surface area contributed by atoms with E-state index in [9.17, 15) is 19.5 Å². The lowest BCUT2D eigenvalue weighted by Gasteiger charge is -2.40. The molecule has 0 aromatic heterocycles. The molecule has 100 valence electrons. The molecule has 0 unspecified atom stereocenters. The second-order valence-corrected chi connectivity index (χ2v) is 5.52. The Labute approximate surface area is 105 Å². The Kier molecular flexibility index (Phi) is 2.83. The fraction of sp³-hybridized carbons (Fsp3) is 0.750. The summed E-state index contributed by atoms with van der Waals surface area (Å²) in [6.45, 7) is 1.77. The summed E-state index contributed by atoms with van der Waals surface area (Å²) >= 11 is 0. The molecule has 6 heteroatoms. The van der Waals surface area contributed by atoms with Crippen LogP contribution in [0.1, 0.15) is 26.2 Å². The predicted molar refractivity (Wildman–Crippen MR) is 62.3 cm³/mol. The third kappa shape index (κ3) is 1.67. The van der Waals surface area contributed by atoms with Crippen molar-refractivity contribution >= 4 is 17.8 Å². The van der Waals surface area contributed by atoms with Crippen LogP contribution in [0.25, 0.3) is 0 Å². The van der Waals surface area contributed by atoms with Crippen LogP contribution in [0.2, 0.25) is 0 Å². The summed E-state index contributed by atoms with van der Waals surface area (Å²) in [5, 5.41) is 9.18. The number of hydrogen-bond donors (Lipinski definition) is 2. The first kappa shape index (κ1) is 12.9. The number of nitrogens with zero attached hydrogens (tertiary/aromatic N) is 1. The lowest BCUT2D eigenvalue weighted by molar-refractivity contribution is -0.156. The number of amides is 2. The largest absolute Gasteiger partial charge is 0.480 e. The average Bonchev–Trinajstić information content (AvgIpc) is 2.87. The maximum absolute atomic E-state index is 12.2. The van der Waals surface area contributed by atoms with Gasteiger partial charge < -0.3 is 15.7 Å². The van der Waals surface area contributed by atoms with Crippen molar-refractivity contribution in [3.63, 3.8) is 0 Å². The quantitative estimate of drug-likeness (QED) is 0.679. The van der Waals surface area contributed by atoms with Gasteiger partial charge in [-0.3, -0.25) is 14.4 Å². The maximum Gasteiger partial charge on any atom is 0.319 e. The summed E-state index contributed by atoms with van der Waals surface area (Å²) in [6.07, 6.45) is 1.49. The third-order valence-corrected chi connectivity index (χ3v) is 4.46. The van der Waals surface area contributed by atoms with E-state index in [0.29, 0.717) is 19.3 Å². The molecule has 0 saturated heterocycles. The standard InChI is InChI=1S/C12H18N2O4/c1-6-5-12(6,11(17)18)10(16)14(2)8-3-7(4-8)9(13)15/h6-8H,3-5H2,1-2H3,(H2,13,15)(H,17,18)/t6-,7?,8?,12+/m1/s1. The van der Waals surface area contributed by atoms with E-state index in [1.165, 1.54) is 4.90 Å². The van der Waals surface area contributed by atoms with Crippen LogP contribution in [-0.4, -0.2) is 40.9 Å². The molecular weight excluding hydrogens is 236 g/mol. The van der Waals surface area contributed by atoms with Gasteiger partial charge in [-0.05, 0) is 25.2 Å². The van der Waals surface area contributed by atoms with Crippen LogP contribution in [0, 0.1) is 17.3 Å². The Morgan fingerprint density at radius 3 is 2.17 bits per heavy atom. The second-order valence-electron chi connectivity index (χ2n) is 5.52. The van der Waals surface area contributed by atoms with Crippen molar-refractivity contribution in [1.29, 1.82) is 0 Å². The van der Waals surface area contributed by atoms with Gasteiger partial charge in [0, 0.05) is 19.0 Å². The molecule has 2 rings (SSSR count). The predicted octanol–water partition coefficient (Wildman–Crippen LogP) is -0.180. The number of carboxylic acids is 1. The summed E-state index contributed by atoms with van der Waals surface area (Å²) in [5.74, 6) is -2.02. The van der Waals surface area contributed by atoms with Gasteiger partial charge in [0.15, 0.2) is 0 Å².